The van der Waals surface area contributed by atoms with E-state index in [1.807, 2.05) is 0 Å². The van der Waals surface area contributed by atoms with Crippen LogP contribution in [-0.4, -0.2) is 54.6 Å². The summed E-state index contributed by atoms with van der Waals surface area (Å²) in [4.78, 5) is 16.9. The zero-order chi connectivity index (χ0) is 14.7. The molecule has 0 spiro atoms. The lowest BCUT2D eigenvalue weighted by Crippen LogP contribution is -2.37. The largest absolute Gasteiger partial charge is 0.326 e. The first-order valence-electron chi connectivity index (χ1n) is 8.22. The number of nitrogens with one attached hydrogen (secondary N) is 1. The normalized spacial score (nSPS) is 29.6. The molecule has 2 atom stereocenters. The SMILES string of the molecule is CC(C)CC1NC(C)N(CCC2CCN(C)CC2)C1=O. The molecular weight excluding hydrogens is 250 g/mol. The maximum atomic E-state index is 12.4. The molecule has 0 aromatic carbocycles. The molecule has 0 radical (unpaired) electrons. The summed E-state index contributed by atoms with van der Waals surface area (Å²) in [5.41, 5.74) is 0. The van der Waals surface area contributed by atoms with E-state index in [1.165, 1.54) is 32.4 Å². The summed E-state index contributed by atoms with van der Waals surface area (Å²) in [6, 6.07) is 0.0440. The molecular formula is C16H31N3O. The monoisotopic (exact) mass is 281 g/mol. The molecule has 116 valence electrons. The quantitative estimate of drug-likeness (QED) is 0.836. The molecule has 2 unspecified atom stereocenters. The number of likely N-dealkylation sites (tertiary alicyclic amines) is 1. The van der Waals surface area contributed by atoms with Crippen LogP contribution in [0.3, 0.4) is 0 Å². The van der Waals surface area contributed by atoms with Crippen LogP contribution >= 0.6 is 0 Å². The van der Waals surface area contributed by atoms with Gasteiger partial charge in [-0.15, -0.1) is 0 Å². The Morgan fingerprint density at radius 3 is 2.55 bits per heavy atom. The summed E-state index contributed by atoms with van der Waals surface area (Å²) in [6.45, 7) is 9.83. The van der Waals surface area contributed by atoms with Crippen molar-refractivity contribution in [3.63, 3.8) is 0 Å². The molecule has 4 heteroatoms. The summed E-state index contributed by atoms with van der Waals surface area (Å²) in [6.07, 6.45) is 4.90. The second kappa shape index (κ2) is 6.90. The van der Waals surface area contributed by atoms with Gasteiger partial charge in [-0.25, -0.2) is 0 Å². The number of carbonyl (C=O) groups is 1. The van der Waals surface area contributed by atoms with Gasteiger partial charge < -0.3 is 9.80 Å². The molecule has 1 amide bonds. The van der Waals surface area contributed by atoms with Gasteiger partial charge in [0.1, 0.15) is 0 Å². The van der Waals surface area contributed by atoms with Crippen LogP contribution in [0.25, 0.3) is 0 Å². The Morgan fingerprint density at radius 2 is 1.95 bits per heavy atom. The van der Waals surface area contributed by atoms with E-state index < -0.39 is 0 Å². The van der Waals surface area contributed by atoms with Crippen LogP contribution in [0.4, 0.5) is 0 Å². The molecule has 0 saturated carbocycles. The molecule has 2 aliphatic rings. The van der Waals surface area contributed by atoms with Crippen molar-refractivity contribution in [3.8, 4) is 0 Å². The van der Waals surface area contributed by atoms with Crippen LogP contribution in [0, 0.1) is 11.8 Å². The Kier molecular flexibility index (Phi) is 5.44. The topological polar surface area (TPSA) is 35.6 Å². The van der Waals surface area contributed by atoms with Crippen molar-refractivity contribution in [1.29, 1.82) is 0 Å². The van der Waals surface area contributed by atoms with Crippen molar-refractivity contribution in [1.82, 2.24) is 15.1 Å². The van der Waals surface area contributed by atoms with Crippen LogP contribution in [0.15, 0.2) is 0 Å². The number of hydrogen-bond acceptors (Lipinski definition) is 3. The third-order valence-electron chi connectivity index (χ3n) is 4.81. The number of hydrogen-bond donors (Lipinski definition) is 1. The van der Waals surface area contributed by atoms with Crippen LogP contribution in [0.1, 0.15) is 46.5 Å². The van der Waals surface area contributed by atoms with E-state index in [2.05, 4.69) is 42.9 Å². The van der Waals surface area contributed by atoms with Gasteiger partial charge in [-0.05, 0) is 64.6 Å². The second-order valence-electron chi connectivity index (χ2n) is 7.09. The van der Waals surface area contributed by atoms with E-state index in [0.717, 1.165) is 18.9 Å². The number of rotatable bonds is 5. The molecule has 20 heavy (non-hydrogen) atoms. The first-order valence-corrected chi connectivity index (χ1v) is 8.22. The average molecular weight is 281 g/mol. The smallest absolute Gasteiger partial charge is 0.241 e. The van der Waals surface area contributed by atoms with Crippen molar-refractivity contribution in [2.24, 2.45) is 11.8 Å². The first kappa shape index (κ1) is 15.8. The van der Waals surface area contributed by atoms with E-state index in [4.69, 9.17) is 0 Å². The minimum atomic E-state index is 0.0440. The minimum absolute atomic E-state index is 0.0440. The summed E-state index contributed by atoms with van der Waals surface area (Å²) in [7, 11) is 2.20. The van der Waals surface area contributed by atoms with E-state index in [0.29, 0.717) is 11.8 Å². The Morgan fingerprint density at radius 1 is 1.30 bits per heavy atom. The highest BCUT2D eigenvalue weighted by atomic mass is 16.2. The lowest BCUT2D eigenvalue weighted by Gasteiger charge is -2.30. The molecule has 0 aromatic rings. The molecule has 4 nitrogen and oxygen atoms in total. The zero-order valence-corrected chi connectivity index (χ0v) is 13.6. The predicted molar refractivity (Wildman–Crippen MR) is 82.4 cm³/mol. The molecule has 2 aliphatic heterocycles. The van der Waals surface area contributed by atoms with Crippen molar-refractivity contribution in [2.45, 2.75) is 58.7 Å². The fourth-order valence-corrected chi connectivity index (χ4v) is 3.46. The van der Waals surface area contributed by atoms with Crippen molar-refractivity contribution < 1.29 is 4.79 Å². The Balaban J connectivity index is 1.79. The molecule has 0 aromatic heterocycles. The van der Waals surface area contributed by atoms with Gasteiger partial charge in [0.05, 0.1) is 12.2 Å². The minimum Gasteiger partial charge on any atom is -0.326 e. The lowest BCUT2D eigenvalue weighted by atomic mass is 9.93. The molecule has 2 saturated heterocycles. The van der Waals surface area contributed by atoms with E-state index in [1.54, 1.807) is 0 Å². The zero-order valence-electron chi connectivity index (χ0n) is 13.6. The number of piperidine rings is 1. The summed E-state index contributed by atoms with van der Waals surface area (Å²) in [5.74, 6) is 1.69. The van der Waals surface area contributed by atoms with Crippen molar-refractivity contribution in [2.75, 3.05) is 26.7 Å². The number of carbonyl (C=O) groups excluding carboxylic acids is 1. The fraction of sp³-hybridized carbons (Fsp3) is 0.938. The predicted octanol–water partition coefficient (Wildman–Crippen LogP) is 1.91. The molecule has 0 bridgehead atoms. The summed E-state index contributed by atoms with van der Waals surface area (Å²) >= 11 is 0. The van der Waals surface area contributed by atoms with Crippen LogP contribution in [0.2, 0.25) is 0 Å². The number of amides is 1. The fourth-order valence-electron chi connectivity index (χ4n) is 3.46. The molecule has 2 heterocycles. The van der Waals surface area contributed by atoms with Crippen LogP contribution < -0.4 is 5.32 Å². The highest BCUT2D eigenvalue weighted by Crippen LogP contribution is 2.22. The second-order valence-corrected chi connectivity index (χ2v) is 7.09. The van der Waals surface area contributed by atoms with E-state index in [-0.39, 0.29) is 12.2 Å². The van der Waals surface area contributed by atoms with Gasteiger partial charge in [0, 0.05) is 6.54 Å². The molecule has 2 fully saturated rings. The van der Waals surface area contributed by atoms with Gasteiger partial charge in [0.25, 0.3) is 0 Å². The molecule has 0 aliphatic carbocycles. The third kappa shape index (κ3) is 3.95. The summed E-state index contributed by atoms with van der Waals surface area (Å²) < 4.78 is 0. The van der Waals surface area contributed by atoms with Crippen LogP contribution in [0.5, 0.6) is 0 Å². The summed E-state index contributed by atoms with van der Waals surface area (Å²) in [5, 5.41) is 3.45. The highest BCUT2D eigenvalue weighted by molar-refractivity contribution is 5.84. The Labute approximate surface area is 123 Å². The third-order valence-corrected chi connectivity index (χ3v) is 4.81. The Hall–Kier alpha value is -0.610. The van der Waals surface area contributed by atoms with Gasteiger partial charge in [0.2, 0.25) is 5.91 Å². The van der Waals surface area contributed by atoms with Crippen molar-refractivity contribution >= 4 is 5.91 Å². The maximum Gasteiger partial charge on any atom is 0.241 e. The van der Waals surface area contributed by atoms with Gasteiger partial charge >= 0.3 is 0 Å². The first-order chi connectivity index (χ1) is 9.47. The lowest BCUT2D eigenvalue weighted by molar-refractivity contribution is -0.130. The molecule has 2 rings (SSSR count). The van der Waals surface area contributed by atoms with E-state index in [9.17, 15) is 4.79 Å². The number of nitrogens with zero attached hydrogens (tertiary/aromatic N) is 2. The molecule has 1 N–H and O–H groups in total. The Bertz CT molecular complexity index is 324. The highest BCUT2D eigenvalue weighted by Gasteiger charge is 2.36. The standard InChI is InChI=1S/C16H31N3O/c1-12(2)11-15-16(20)19(13(3)17-15)10-7-14-5-8-18(4)9-6-14/h12-15,17H,5-11H2,1-4H3. The van der Waals surface area contributed by atoms with Crippen molar-refractivity contribution in [3.05, 3.63) is 0 Å². The van der Waals surface area contributed by atoms with Gasteiger partial charge in [-0.1, -0.05) is 13.8 Å². The average Bonchev–Trinajstić information content (AvgIpc) is 2.64. The van der Waals surface area contributed by atoms with E-state index >= 15 is 0 Å². The van der Waals surface area contributed by atoms with Gasteiger partial charge in [-0.2, -0.15) is 0 Å². The van der Waals surface area contributed by atoms with Crippen LogP contribution in [-0.2, 0) is 4.79 Å². The van der Waals surface area contributed by atoms with Gasteiger partial charge in [-0.3, -0.25) is 10.1 Å². The van der Waals surface area contributed by atoms with Gasteiger partial charge in [0.15, 0.2) is 0 Å². The maximum absolute atomic E-state index is 12.4.